The summed E-state index contributed by atoms with van der Waals surface area (Å²) < 4.78 is 37.4. The van der Waals surface area contributed by atoms with E-state index in [0.29, 0.717) is 0 Å². The Kier molecular flexibility index (Phi) is 3.60. The van der Waals surface area contributed by atoms with Gasteiger partial charge < -0.3 is 5.73 Å². The van der Waals surface area contributed by atoms with Gasteiger partial charge in [-0.05, 0) is 18.6 Å². The Balaban J connectivity index is 3.30. The van der Waals surface area contributed by atoms with Crippen LogP contribution in [0.25, 0.3) is 0 Å². The van der Waals surface area contributed by atoms with Crippen molar-refractivity contribution in [2.45, 2.75) is 19.1 Å². The minimum absolute atomic E-state index is 0.0102. The molecule has 16 heavy (non-hydrogen) atoms. The summed E-state index contributed by atoms with van der Waals surface area (Å²) >= 11 is 5.58. The average Bonchev–Trinajstić information content (AvgIpc) is 2.15. The van der Waals surface area contributed by atoms with Gasteiger partial charge in [0.05, 0.1) is 16.6 Å². The molecule has 2 N–H and O–H groups in total. The van der Waals surface area contributed by atoms with Crippen molar-refractivity contribution < 1.29 is 18.0 Å². The highest BCUT2D eigenvalue weighted by Crippen LogP contribution is 2.37. The number of nitrogens with two attached hydrogens (primary N) is 1. The largest absolute Gasteiger partial charge is 0.417 e. The fraction of sp³-hybridized carbons (Fsp3) is 0.300. The number of hydrogen-bond acceptors (Lipinski definition) is 2. The van der Waals surface area contributed by atoms with Gasteiger partial charge in [-0.2, -0.15) is 13.2 Å². The highest BCUT2D eigenvalue weighted by molar-refractivity contribution is 6.32. The number of rotatable bonds is 2. The maximum atomic E-state index is 12.5. The van der Waals surface area contributed by atoms with Gasteiger partial charge in [-0.3, -0.25) is 4.79 Å². The molecule has 1 atom stereocenters. The Morgan fingerprint density at radius 2 is 2.00 bits per heavy atom. The van der Waals surface area contributed by atoms with E-state index in [2.05, 4.69) is 0 Å². The third-order valence-electron chi connectivity index (χ3n) is 2.11. The third-order valence-corrected chi connectivity index (χ3v) is 2.53. The predicted octanol–water partition coefficient (Wildman–Crippen LogP) is 2.95. The van der Waals surface area contributed by atoms with Crippen molar-refractivity contribution in [2.24, 2.45) is 5.73 Å². The molecule has 0 aromatic heterocycles. The molecule has 0 heterocycles. The van der Waals surface area contributed by atoms with Crippen LogP contribution in [0.5, 0.6) is 0 Å². The predicted molar refractivity (Wildman–Crippen MR) is 54.1 cm³/mol. The van der Waals surface area contributed by atoms with E-state index in [4.69, 9.17) is 17.3 Å². The number of Topliss-reactive ketones (excluding diaryl/α,β-unsaturated/α-hetero) is 1. The van der Waals surface area contributed by atoms with E-state index < -0.39 is 28.6 Å². The molecular weight excluding hydrogens is 243 g/mol. The number of hydrogen-bond donors (Lipinski definition) is 1. The molecule has 0 saturated carbocycles. The van der Waals surface area contributed by atoms with Gasteiger partial charge in [0.1, 0.15) is 0 Å². The van der Waals surface area contributed by atoms with E-state index in [9.17, 15) is 18.0 Å². The molecular formula is C10H9ClF3NO. The molecule has 0 amide bonds. The van der Waals surface area contributed by atoms with Crippen LogP contribution < -0.4 is 5.73 Å². The first-order chi connectivity index (χ1) is 7.25. The Hall–Kier alpha value is -1.07. The van der Waals surface area contributed by atoms with Crippen molar-refractivity contribution in [3.05, 3.63) is 34.3 Å². The van der Waals surface area contributed by atoms with Crippen LogP contribution >= 0.6 is 11.6 Å². The van der Waals surface area contributed by atoms with E-state index in [1.54, 1.807) is 0 Å². The molecule has 1 unspecified atom stereocenters. The van der Waals surface area contributed by atoms with Gasteiger partial charge in [-0.15, -0.1) is 0 Å². The van der Waals surface area contributed by atoms with Crippen molar-refractivity contribution in [1.29, 1.82) is 0 Å². The van der Waals surface area contributed by atoms with Gasteiger partial charge in [-0.1, -0.05) is 23.7 Å². The van der Waals surface area contributed by atoms with Crippen LogP contribution in [0, 0.1) is 0 Å². The zero-order valence-electron chi connectivity index (χ0n) is 8.31. The second-order valence-electron chi connectivity index (χ2n) is 3.29. The third kappa shape index (κ3) is 2.54. The number of ketones is 1. The molecule has 0 aliphatic heterocycles. The van der Waals surface area contributed by atoms with Crippen molar-refractivity contribution in [1.82, 2.24) is 0 Å². The Morgan fingerprint density at radius 1 is 1.44 bits per heavy atom. The van der Waals surface area contributed by atoms with Gasteiger partial charge in [0.25, 0.3) is 0 Å². The maximum absolute atomic E-state index is 12.5. The molecule has 0 spiro atoms. The van der Waals surface area contributed by atoms with Gasteiger partial charge in [0.2, 0.25) is 0 Å². The molecule has 88 valence electrons. The first-order valence-electron chi connectivity index (χ1n) is 4.36. The molecule has 0 radical (unpaired) electrons. The lowest BCUT2D eigenvalue weighted by molar-refractivity contribution is -0.137. The van der Waals surface area contributed by atoms with Crippen LogP contribution in [0.3, 0.4) is 0 Å². The second kappa shape index (κ2) is 4.43. The van der Waals surface area contributed by atoms with Crippen LogP contribution in [0.1, 0.15) is 24.1 Å². The number of benzene rings is 1. The van der Waals surface area contributed by atoms with Gasteiger partial charge in [0, 0.05) is 0 Å². The van der Waals surface area contributed by atoms with Crippen molar-refractivity contribution in [3.63, 3.8) is 0 Å². The normalized spacial score (nSPS) is 13.6. The monoisotopic (exact) mass is 251 g/mol. The lowest BCUT2D eigenvalue weighted by Gasteiger charge is -2.15. The first-order valence-corrected chi connectivity index (χ1v) is 4.74. The summed E-state index contributed by atoms with van der Waals surface area (Å²) in [5, 5.41) is -0.516. The molecule has 0 saturated heterocycles. The van der Waals surface area contributed by atoms with Crippen LogP contribution in [0.2, 0.25) is 5.02 Å². The van der Waals surface area contributed by atoms with Crippen LogP contribution in [-0.2, 0) is 11.0 Å². The molecule has 0 bridgehead atoms. The molecule has 1 aromatic carbocycles. The van der Waals surface area contributed by atoms with E-state index in [0.717, 1.165) is 6.07 Å². The van der Waals surface area contributed by atoms with E-state index >= 15 is 0 Å². The smallest absolute Gasteiger partial charge is 0.318 e. The quantitative estimate of drug-likeness (QED) is 0.878. The summed E-state index contributed by atoms with van der Waals surface area (Å²) in [6, 6.07) is 2.20. The minimum atomic E-state index is -4.55. The molecule has 0 fully saturated rings. The molecule has 0 aliphatic rings. The van der Waals surface area contributed by atoms with E-state index in [-0.39, 0.29) is 5.56 Å². The molecule has 2 nitrogen and oxygen atoms in total. The fourth-order valence-electron chi connectivity index (χ4n) is 1.23. The molecule has 6 heteroatoms. The lowest BCUT2D eigenvalue weighted by Crippen LogP contribution is -2.20. The molecule has 1 rings (SSSR count). The Labute approximate surface area is 95.2 Å². The SMILES string of the molecule is CC(=O)C(N)c1cccc(C(F)(F)F)c1Cl. The topological polar surface area (TPSA) is 43.1 Å². The summed E-state index contributed by atoms with van der Waals surface area (Å²) in [6.45, 7) is 1.20. The van der Waals surface area contributed by atoms with Gasteiger partial charge >= 0.3 is 6.18 Å². The number of halogens is 4. The van der Waals surface area contributed by atoms with Crippen molar-refractivity contribution in [3.8, 4) is 0 Å². The minimum Gasteiger partial charge on any atom is -0.318 e. The van der Waals surface area contributed by atoms with Gasteiger partial charge in [0.15, 0.2) is 5.78 Å². The van der Waals surface area contributed by atoms with E-state index in [1.807, 2.05) is 0 Å². The molecule has 1 aromatic rings. The number of alkyl halides is 3. The summed E-state index contributed by atoms with van der Waals surface area (Å²) in [6.07, 6.45) is -4.55. The van der Waals surface area contributed by atoms with Crippen LogP contribution in [0.4, 0.5) is 13.2 Å². The number of carbonyl (C=O) groups excluding carboxylic acids is 1. The highest BCUT2D eigenvalue weighted by atomic mass is 35.5. The molecule has 0 aliphatic carbocycles. The first kappa shape index (κ1) is 13.0. The maximum Gasteiger partial charge on any atom is 0.417 e. The van der Waals surface area contributed by atoms with Gasteiger partial charge in [-0.25, -0.2) is 0 Å². The fourth-order valence-corrected chi connectivity index (χ4v) is 1.58. The summed E-state index contributed by atoms with van der Waals surface area (Å²) in [4.78, 5) is 11.0. The highest BCUT2D eigenvalue weighted by Gasteiger charge is 2.34. The summed E-state index contributed by atoms with van der Waals surface area (Å²) in [7, 11) is 0. The zero-order chi connectivity index (χ0) is 12.5. The summed E-state index contributed by atoms with van der Waals surface area (Å²) in [5.74, 6) is -0.443. The Bertz CT molecular complexity index is 417. The van der Waals surface area contributed by atoms with E-state index in [1.165, 1.54) is 19.1 Å². The van der Waals surface area contributed by atoms with Crippen molar-refractivity contribution >= 4 is 17.4 Å². The van der Waals surface area contributed by atoms with Crippen LogP contribution in [0.15, 0.2) is 18.2 Å². The van der Waals surface area contributed by atoms with Crippen LogP contribution in [-0.4, -0.2) is 5.78 Å². The average molecular weight is 252 g/mol. The number of carbonyl (C=O) groups is 1. The zero-order valence-corrected chi connectivity index (χ0v) is 9.06. The van der Waals surface area contributed by atoms with Crippen molar-refractivity contribution in [2.75, 3.05) is 0 Å². The Morgan fingerprint density at radius 3 is 2.44 bits per heavy atom. The second-order valence-corrected chi connectivity index (χ2v) is 3.67. The summed E-state index contributed by atoms with van der Waals surface area (Å²) in [5.41, 5.74) is 4.46. The standard InChI is InChI=1S/C10H9ClF3NO/c1-5(16)9(15)6-3-2-4-7(8(6)11)10(12,13)14/h2-4,9H,15H2,1H3. The lowest BCUT2D eigenvalue weighted by atomic mass is 10.0.